The highest BCUT2D eigenvalue weighted by atomic mass is 127. The minimum atomic E-state index is 0. The van der Waals surface area contributed by atoms with Gasteiger partial charge in [0.1, 0.15) is 14.1 Å². The SMILES string of the molecule is C[n+]1c(CCCCCCCCCCCCc2ccc3ccccc3[n+]2C)ccc2ccccc21.[I-].[I-]. The zero-order valence-corrected chi connectivity index (χ0v) is 26.4. The molecule has 0 aliphatic carbocycles. The van der Waals surface area contributed by atoms with Gasteiger partial charge in [0.05, 0.1) is 0 Å². The molecule has 2 aromatic heterocycles. The number of hydrogen-bond donors (Lipinski definition) is 0. The lowest BCUT2D eigenvalue weighted by molar-refractivity contribution is -0.653. The highest BCUT2D eigenvalue weighted by molar-refractivity contribution is 5.75. The fraction of sp³-hybridized carbons (Fsp3) is 0.438. The van der Waals surface area contributed by atoms with E-state index in [1.807, 2.05) is 0 Å². The summed E-state index contributed by atoms with van der Waals surface area (Å²) in [6, 6.07) is 26.5. The van der Waals surface area contributed by atoms with Crippen molar-refractivity contribution < 1.29 is 57.1 Å². The number of para-hydroxylation sites is 2. The van der Waals surface area contributed by atoms with Gasteiger partial charge in [-0.25, -0.2) is 0 Å². The number of aryl methyl sites for hydroxylation is 4. The van der Waals surface area contributed by atoms with Crippen LogP contribution in [0.2, 0.25) is 0 Å². The largest absolute Gasteiger partial charge is 1.00 e. The lowest BCUT2D eigenvalue weighted by Gasteiger charge is -2.05. The smallest absolute Gasteiger partial charge is 0.212 e. The van der Waals surface area contributed by atoms with Crippen LogP contribution in [0, 0.1) is 0 Å². The van der Waals surface area contributed by atoms with Crippen molar-refractivity contribution in [2.45, 2.75) is 77.0 Å². The predicted molar refractivity (Wildman–Crippen MR) is 144 cm³/mol. The van der Waals surface area contributed by atoms with Gasteiger partial charge in [-0.2, -0.15) is 9.13 Å². The van der Waals surface area contributed by atoms with Crippen molar-refractivity contribution in [3.05, 3.63) is 84.2 Å². The first-order chi connectivity index (χ1) is 16.7. The van der Waals surface area contributed by atoms with Gasteiger partial charge < -0.3 is 48.0 Å². The van der Waals surface area contributed by atoms with Crippen molar-refractivity contribution >= 4 is 21.8 Å². The van der Waals surface area contributed by atoms with E-state index in [1.54, 1.807) is 0 Å². The highest BCUT2D eigenvalue weighted by Crippen LogP contribution is 2.15. The minimum absolute atomic E-state index is 0. The summed E-state index contributed by atoms with van der Waals surface area (Å²) < 4.78 is 4.74. The van der Waals surface area contributed by atoms with Gasteiger partial charge in [-0.05, 0) is 37.1 Å². The third kappa shape index (κ3) is 8.64. The maximum atomic E-state index is 2.37. The monoisotopic (exact) mass is 708 g/mol. The predicted octanol–water partition coefficient (Wildman–Crippen LogP) is 1.34. The molecule has 0 aliphatic heterocycles. The Morgan fingerprint density at radius 1 is 0.417 bits per heavy atom. The fourth-order valence-corrected chi connectivity index (χ4v) is 5.30. The molecule has 0 aliphatic rings. The van der Waals surface area contributed by atoms with Gasteiger partial charge >= 0.3 is 0 Å². The molecule has 0 saturated carbocycles. The zero-order valence-electron chi connectivity index (χ0n) is 22.1. The van der Waals surface area contributed by atoms with Gasteiger partial charge in [-0.3, -0.25) is 0 Å². The van der Waals surface area contributed by atoms with E-state index in [4.69, 9.17) is 0 Å². The van der Waals surface area contributed by atoms with Crippen LogP contribution in [0.15, 0.2) is 72.8 Å². The Kier molecular flexibility index (Phi) is 14.2. The summed E-state index contributed by atoms with van der Waals surface area (Å²) in [5.74, 6) is 0. The Morgan fingerprint density at radius 3 is 1.14 bits per heavy atom. The number of fused-ring (bicyclic) bond motifs is 2. The molecule has 36 heavy (non-hydrogen) atoms. The number of aromatic nitrogens is 2. The first-order valence-corrected chi connectivity index (χ1v) is 13.5. The highest BCUT2D eigenvalue weighted by Gasteiger charge is 2.11. The fourth-order valence-electron chi connectivity index (χ4n) is 5.30. The molecule has 4 heteroatoms. The van der Waals surface area contributed by atoms with Crippen LogP contribution < -0.4 is 57.1 Å². The summed E-state index contributed by atoms with van der Waals surface area (Å²) in [6.07, 6.45) is 16.1. The van der Waals surface area contributed by atoms with Gasteiger partial charge in [0.2, 0.25) is 11.0 Å². The molecular formula is C32H42I2N2. The van der Waals surface area contributed by atoms with Gasteiger partial charge in [0, 0.05) is 47.9 Å². The van der Waals surface area contributed by atoms with Crippen LogP contribution in [-0.4, -0.2) is 0 Å². The molecule has 2 nitrogen and oxygen atoms in total. The van der Waals surface area contributed by atoms with Crippen LogP contribution in [0.5, 0.6) is 0 Å². The van der Waals surface area contributed by atoms with Crippen molar-refractivity contribution in [2.75, 3.05) is 0 Å². The van der Waals surface area contributed by atoms with E-state index in [2.05, 4.69) is 96.0 Å². The first kappa shape index (κ1) is 30.9. The van der Waals surface area contributed by atoms with Crippen LogP contribution in [0.1, 0.15) is 75.6 Å². The molecular weight excluding hydrogens is 666 g/mol. The Hall–Kier alpha value is -1.28. The number of pyridine rings is 2. The summed E-state index contributed by atoms with van der Waals surface area (Å²) in [5.41, 5.74) is 5.59. The second kappa shape index (κ2) is 16.5. The van der Waals surface area contributed by atoms with Crippen molar-refractivity contribution in [1.29, 1.82) is 0 Å². The van der Waals surface area contributed by atoms with Crippen molar-refractivity contribution in [3.8, 4) is 0 Å². The molecule has 2 heterocycles. The molecule has 194 valence electrons. The number of nitrogens with zero attached hydrogens (tertiary/aromatic N) is 2. The number of rotatable bonds is 13. The number of halogens is 2. The van der Waals surface area contributed by atoms with Crippen molar-refractivity contribution in [3.63, 3.8) is 0 Å². The van der Waals surface area contributed by atoms with E-state index in [0.717, 1.165) is 0 Å². The molecule has 2 aromatic carbocycles. The first-order valence-electron chi connectivity index (χ1n) is 13.5. The standard InChI is InChI=1S/C32H42N2.2HI/c1-33-29(25-23-27-17-13-15-21-31(27)33)19-11-9-7-5-3-4-6-8-10-12-20-30-26-24-28-18-14-16-22-32(28)34(30)2;;/h13-18,21-26H,3-12,19-20H2,1-2H3;2*1H/q+2;;/p-2. The number of unbranched alkanes of at least 4 members (excludes halogenated alkanes) is 9. The van der Waals surface area contributed by atoms with E-state index in [1.165, 1.54) is 110 Å². The van der Waals surface area contributed by atoms with Gasteiger partial charge in [0.15, 0.2) is 11.4 Å². The molecule has 0 radical (unpaired) electrons. The third-order valence-corrected chi connectivity index (χ3v) is 7.48. The average Bonchev–Trinajstić information content (AvgIpc) is 2.87. The molecule has 4 aromatic rings. The second-order valence-corrected chi connectivity index (χ2v) is 9.92. The summed E-state index contributed by atoms with van der Waals surface area (Å²) in [6.45, 7) is 0. The number of benzene rings is 2. The normalized spacial score (nSPS) is 10.8. The van der Waals surface area contributed by atoms with Gasteiger partial charge in [-0.1, -0.05) is 75.6 Å². The second-order valence-electron chi connectivity index (χ2n) is 9.92. The Labute approximate surface area is 252 Å². The zero-order chi connectivity index (χ0) is 23.6. The molecule has 0 atom stereocenters. The Morgan fingerprint density at radius 2 is 0.750 bits per heavy atom. The van der Waals surface area contributed by atoms with Gasteiger partial charge in [-0.15, -0.1) is 0 Å². The summed E-state index contributed by atoms with van der Waals surface area (Å²) in [4.78, 5) is 0. The van der Waals surface area contributed by atoms with Gasteiger partial charge in [0.25, 0.3) is 0 Å². The summed E-state index contributed by atoms with van der Waals surface area (Å²) >= 11 is 0. The van der Waals surface area contributed by atoms with E-state index in [-0.39, 0.29) is 48.0 Å². The van der Waals surface area contributed by atoms with Crippen molar-refractivity contribution in [1.82, 2.24) is 0 Å². The molecule has 0 fully saturated rings. The van der Waals surface area contributed by atoms with E-state index in [0.29, 0.717) is 0 Å². The Bertz CT molecular complexity index is 1110. The molecule has 0 unspecified atom stereocenters. The van der Waals surface area contributed by atoms with Crippen molar-refractivity contribution in [2.24, 2.45) is 14.1 Å². The Balaban J connectivity index is 0.00000228. The molecule has 0 spiro atoms. The summed E-state index contributed by atoms with van der Waals surface area (Å²) in [7, 11) is 4.42. The van der Waals surface area contributed by atoms with Crippen LogP contribution in [-0.2, 0) is 26.9 Å². The topological polar surface area (TPSA) is 7.76 Å². The maximum absolute atomic E-state index is 2.37. The maximum Gasteiger partial charge on any atom is 0.212 e. The van der Waals surface area contributed by atoms with E-state index < -0.39 is 0 Å². The lowest BCUT2D eigenvalue weighted by atomic mass is 10.0. The minimum Gasteiger partial charge on any atom is -1.00 e. The van der Waals surface area contributed by atoms with E-state index >= 15 is 0 Å². The molecule has 0 saturated heterocycles. The molecule has 4 rings (SSSR count). The molecule has 0 amide bonds. The van der Waals surface area contributed by atoms with Crippen LogP contribution in [0.3, 0.4) is 0 Å². The van der Waals surface area contributed by atoms with Crippen LogP contribution in [0.25, 0.3) is 21.8 Å². The summed E-state index contributed by atoms with van der Waals surface area (Å²) in [5, 5.41) is 2.66. The molecule has 0 bridgehead atoms. The molecule has 0 N–H and O–H groups in total. The van der Waals surface area contributed by atoms with Crippen LogP contribution in [0.4, 0.5) is 0 Å². The van der Waals surface area contributed by atoms with Crippen LogP contribution >= 0.6 is 0 Å². The number of hydrogen-bond acceptors (Lipinski definition) is 0. The van der Waals surface area contributed by atoms with E-state index in [9.17, 15) is 0 Å². The lowest BCUT2D eigenvalue weighted by Crippen LogP contribution is -3.00. The third-order valence-electron chi connectivity index (χ3n) is 7.48. The quantitative estimate of drug-likeness (QED) is 0.113. The average molecular weight is 709 g/mol.